The van der Waals surface area contributed by atoms with Gasteiger partial charge in [0.05, 0.1) is 11.8 Å². The molecule has 94 valence electrons. The Labute approximate surface area is 105 Å². The van der Waals surface area contributed by atoms with E-state index >= 15 is 0 Å². The van der Waals surface area contributed by atoms with E-state index in [1.807, 2.05) is 6.07 Å². The van der Waals surface area contributed by atoms with E-state index in [-0.39, 0.29) is 11.5 Å². The van der Waals surface area contributed by atoms with Gasteiger partial charge in [-0.1, -0.05) is 18.2 Å². The van der Waals surface area contributed by atoms with Crippen molar-refractivity contribution in [1.82, 2.24) is 4.98 Å². The van der Waals surface area contributed by atoms with Crippen LogP contribution in [-0.2, 0) is 6.42 Å². The molecular weight excluding hydrogens is 230 g/mol. The third-order valence-electron chi connectivity index (χ3n) is 2.81. The number of aryl methyl sites for hydroxylation is 1. The molecule has 2 rings (SSSR count). The number of rotatable bonds is 4. The molecule has 1 aromatic heterocycles. The van der Waals surface area contributed by atoms with E-state index < -0.39 is 6.10 Å². The van der Waals surface area contributed by atoms with Crippen molar-refractivity contribution in [2.45, 2.75) is 18.9 Å². The largest absolute Gasteiger partial charge is 0.504 e. The van der Waals surface area contributed by atoms with Gasteiger partial charge in [0.1, 0.15) is 0 Å². The molecule has 0 saturated heterocycles. The van der Waals surface area contributed by atoms with Gasteiger partial charge in [-0.3, -0.25) is 4.98 Å². The smallest absolute Gasteiger partial charge is 0.160 e. The maximum atomic E-state index is 9.94. The summed E-state index contributed by atoms with van der Waals surface area (Å²) in [6.45, 7) is 0. The molecule has 4 nitrogen and oxygen atoms in total. The Morgan fingerprint density at radius 2 is 1.89 bits per heavy atom. The summed E-state index contributed by atoms with van der Waals surface area (Å²) in [7, 11) is 0. The molecule has 0 unspecified atom stereocenters. The fourth-order valence-electron chi connectivity index (χ4n) is 1.79. The molecule has 0 saturated carbocycles. The number of hydrogen-bond acceptors (Lipinski definition) is 4. The molecule has 4 heteroatoms. The van der Waals surface area contributed by atoms with Crippen LogP contribution in [0.25, 0.3) is 0 Å². The second-order valence-corrected chi connectivity index (χ2v) is 4.09. The maximum Gasteiger partial charge on any atom is 0.160 e. The van der Waals surface area contributed by atoms with Crippen LogP contribution in [-0.4, -0.2) is 20.3 Å². The van der Waals surface area contributed by atoms with E-state index in [2.05, 4.69) is 4.98 Å². The number of phenols is 2. The summed E-state index contributed by atoms with van der Waals surface area (Å²) < 4.78 is 0. The predicted octanol–water partition coefficient (Wildman–Crippen LogP) is 2.16. The van der Waals surface area contributed by atoms with Gasteiger partial charge in [0.2, 0.25) is 0 Å². The van der Waals surface area contributed by atoms with E-state index in [0.717, 1.165) is 0 Å². The lowest BCUT2D eigenvalue weighted by Crippen LogP contribution is -2.01. The summed E-state index contributed by atoms with van der Waals surface area (Å²) in [5.41, 5.74) is 1.22. The van der Waals surface area contributed by atoms with Crippen molar-refractivity contribution in [1.29, 1.82) is 0 Å². The molecule has 0 radical (unpaired) electrons. The molecule has 18 heavy (non-hydrogen) atoms. The minimum absolute atomic E-state index is 0.120. The second-order valence-electron chi connectivity index (χ2n) is 4.09. The number of para-hydroxylation sites is 1. The van der Waals surface area contributed by atoms with Crippen molar-refractivity contribution in [2.75, 3.05) is 0 Å². The number of aliphatic hydroxyl groups is 1. The quantitative estimate of drug-likeness (QED) is 0.722. The summed E-state index contributed by atoms with van der Waals surface area (Å²) >= 11 is 0. The van der Waals surface area contributed by atoms with Gasteiger partial charge in [-0.2, -0.15) is 0 Å². The van der Waals surface area contributed by atoms with E-state index in [1.54, 1.807) is 30.5 Å². The number of benzene rings is 1. The highest BCUT2D eigenvalue weighted by Crippen LogP contribution is 2.30. The lowest BCUT2D eigenvalue weighted by Gasteiger charge is -2.11. The monoisotopic (exact) mass is 245 g/mol. The predicted molar refractivity (Wildman–Crippen MR) is 67.3 cm³/mol. The lowest BCUT2D eigenvalue weighted by atomic mass is 10.0. The Kier molecular flexibility index (Phi) is 3.79. The third-order valence-corrected chi connectivity index (χ3v) is 2.81. The van der Waals surface area contributed by atoms with Crippen LogP contribution in [0, 0.1) is 0 Å². The van der Waals surface area contributed by atoms with Gasteiger partial charge >= 0.3 is 0 Å². The number of pyridine rings is 1. The third kappa shape index (κ3) is 2.78. The van der Waals surface area contributed by atoms with E-state index in [4.69, 9.17) is 0 Å². The molecule has 0 amide bonds. The molecule has 0 aliphatic rings. The zero-order valence-electron chi connectivity index (χ0n) is 9.82. The normalized spacial score (nSPS) is 12.3. The van der Waals surface area contributed by atoms with Gasteiger partial charge in [-0.05, 0) is 36.6 Å². The SMILES string of the molecule is Oc1cccc(CC[C@H](O)c2ccccn2)c1O. The first-order valence-corrected chi connectivity index (χ1v) is 5.77. The Balaban J connectivity index is 2.02. The number of aromatic nitrogens is 1. The van der Waals surface area contributed by atoms with Crippen molar-refractivity contribution in [3.63, 3.8) is 0 Å². The molecule has 0 aliphatic carbocycles. The zero-order chi connectivity index (χ0) is 13.0. The van der Waals surface area contributed by atoms with Crippen molar-refractivity contribution in [2.24, 2.45) is 0 Å². The molecule has 1 heterocycles. The molecule has 0 spiro atoms. The minimum atomic E-state index is -0.673. The molecule has 2 aromatic rings. The van der Waals surface area contributed by atoms with Gasteiger partial charge in [0.25, 0.3) is 0 Å². The Morgan fingerprint density at radius 1 is 1.06 bits per heavy atom. The number of hydrogen-bond donors (Lipinski definition) is 3. The Morgan fingerprint density at radius 3 is 2.61 bits per heavy atom. The van der Waals surface area contributed by atoms with Crippen molar-refractivity contribution >= 4 is 0 Å². The molecule has 0 aliphatic heterocycles. The first kappa shape index (κ1) is 12.4. The summed E-state index contributed by atoms with van der Waals surface area (Å²) in [5, 5.41) is 28.9. The Bertz CT molecular complexity index is 514. The van der Waals surface area contributed by atoms with Crippen LogP contribution < -0.4 is 0 Å². The molecule has 1 aromatic carbocycles. The number of aliphatic hydroxyl groups excluding tert-OH is 1. The lowest BCUT2D eigenvalue weighted by molar-refractivity contribution is 0.163. The average molecular weight is 245 g/mol. The highest BCUT2D eigenvalue weighted by molar-refractivity contribution is 5.44. The Hall–Kier alpha value is -2.07. The minimum Gasteiger partial charge on any atom is -0.504 e. The molecule has 0 fully saturated rings. The highest BCUT2D eigenvalue weighted by atomic mass is 16.3. The number of aromatic hydroxyl groups is 2. The van der Waals surface area contributed by atoms with Gasteiger partial charge in [-0.15, -0.1) is 0 Å². The van der Waals surface area contributed by atoms with E-state index in [9.17, 15) is 15.3 Å². The number of nitrogens with zero attached hydrogens (tertiary/aromatic N) is 1. The highest BCUT2D eigenvalue weighted by Gasteiger charge is 2.11. The fourth-order valence-corrected chi connectivity index (χ4v) is 1.79. The van der Waals surface area contributed by atoms with Gasteiger partial charge in [0, 0.05) is 6.20 Å². The average Bonchev–Trinajstić information content (AvgIpc) is 2.41. The topological polar surface area (TPSA) is 73.6 Å². The van der Waals surface area contributed by atoms with Gasteiger partial charge in [-0.25, -0.2) is 0 Å². The summed E-state index contributed by atoms with van der Waals surface area (Å²) in [5.74, 6) is -0.259. The van der Waals surface area contributed by atoms with Crippen molar-refractivity contribution < 1.29 is 15.3 Å². The standard InChI is InChI=1S/C14H15NO3/c16-12(11-5-1-2-9-15-11)8-7-10-4-3-6-13(17)14(10)18/h1-6,9,12,16-18H,7-8H2/t12-/m0/s1. The fraction of sp³-hybridized carbons (Fsp3) is 0.214. The molecule has 1 atom stereocenters. The summed E-state index contributed by atoms with van der Waals surface area (Å²) in [6.07, 6.45) is 1.86. The summed E-state index contributed by atoms with van der Waals surface area (Å²) in [6, 6.07) is 10.2. The number of phenolic OH excluding ortho intramolecular Hbond substituents is 2. The summed E-state index contributed by atoms with van der Waals surface area (Å²) in [4.78, 5) is 4.07. The first-order chi connectivity index (χ1) is 8.68. The molecule has 3 N–H and O–H groups in total. The van der Waals surface area contributed by atoms with Crippen molar-refractivity contribution in [3.8, 4) is 11.5 Å². The van der Waals surface area contributed by atoms with Gasteiger partial charge < -0.3 is 15.3 Å². The van der Waals surface area contributed by atoms with Crippen LogP contribution in [0.4, 0.5) is 0 Å². The molecular formula is C14H15NO3. The second kappa shape index (κ2) is 5.51. The first-order valence-electron chi connectivity index (χ1n) is 5.77. The van der Waals surface area contributed by atoms with Crippen LogP contribution in [0.3, 0.4) is 0 Å². The van der Waals surface area contributed by atoms with Crippen LogP contribution in [0.2, 0.25) is 0 Å². The van der Waals surface area contributed by atoms with Crippen molar-refractivity contribution in [3.05, 3.63) is 53.9 Å². The van der Waals surface area contributed by atoms with Crippen LogP contribution in [0.15, 0.2) is 42.6 Å². The zero-order valence-corrected chi connectivity index (χ0v) is 9.82. The van der Waals surface area contributed by atoms with E-state index in [0.29, 0.717) is 24.1 Å². The maximum absolute atomic E-state index is 9.94. The van der Waals surface area contributed by atoms with Crippen LogP contribution in [0.5, 0.6) is 11.5 Å². The van der Waals surface area contributed by atoms with Crippen LogP contribution in [0.1, 0.15) is 23.8 Å². The van der Waals surface area contributed by atoms with E-state index in [1.165, 1.54) is 6.07 Å². The molecule has 0 bridgehead atoms. The van der Waals surface area contributed by atoms with Crippen LogP contribution >= 0.6 is 0 Å². The van der Waals surface area contributed by atoms with Gasteiger partial charge in [0.15, 0.2) is 11.5 Å².